The monoisotopic (exact) mass is 308 g/mol. The molecule has 0 N–H and O–H groups in total. The van der Waals surface area contributed by atoms with E-state index < -0.39 is 5.38 Å². The third-order valence-electron chi connectivity index (χ3n) is 3.39. The molecule has 0 saturated carbocycles. The van der Waals surface area contributed by atoms with Crippen LogP contribution in [0.1, 0.15) is 26.3 Å². The summed E-state index contributed by atoms with van der Waals surface area (Å²) in [6, 6.07) is 14.9. The summed E-state index contributed by atoms with van der Waals surface area (Å²) >= 11 is 6.11. The van der Waals surface area contributed by atoms with Crippen molar-refractivity contribution in [3.8, 4) is 6.07 Å². The second-order valence-corrected chi connectivity index (χ2v) is 5.19. The van der Waals surface area contributed by atoms with Crippen LogP contribution in [0.3, 0.4) is 0 Å². The van der Waals surface area contributed by atoms with Gasteiger partial charge in [0, 0.05) is 11.1 Å². The number of carbonyl (C=O) groups excluding carboxylic acids is 2. The van der Waals surface area contributed by atoms with Crippen molar-refractivity contribution < 1.29 is 9.59 Å². The maximum Gasteiger partial charge on any atom is 0.209 e. The van der Waals surface area contributed by atoms with Gasteiger partial charge >= 0.3 is 0 Å². The molecule has 0 saturated heterocycles. The van der Waals surface area contributed by atoms with Crippen LogP contribution in [0.5, 0.6) is 0 Å². The van der Waals surface area contributed by atoms with Crippen LogP contribution in [0.25, 0.3) is 0 Å². The standard InChI is InChI=1S/C17H9ClN2O2/c18-14-15(20-11-7-5-10(9-19)6-8-11)17(22)13-4-2-1-3-12(13)16(14)21/h1-8,14H. The number of aliphatic imine (C=N–C) groups is 1. The molecule has 1 aliphatic rings. The zero-order valence-corrected chi connectivity index (χ0v) is 12.0. The Kier molecular flexibility index (Phi) is 3.58. The first-order valence-corrected chi connectivity index (χ1v) is 6.96. The van der Waals surface area contributed by atoms with E-state index in [1.54, 1.807) is 48.5 Å². The van der Waals surface area contributed by atoms with E-state index in [-0.39, 0.29) is 17.3 Å². The molecule has 5 heteroatoms. The van der Waals surface area contributed by atoms with Gasteiger partial charge in [-0.15, -0.1) is 11.6 Å². The quantitative estimate of drug-likeness (QED) is 0.759. The van der Waals surface area contributed by atoms with E-state index in [2.05, 4.69) is 4.99 Å². The molecule has 0 aliphatic heterocycles. The van der Waals surface area contributed by atoms with Gasteiger partial charge in [-0.2, -0.15) is 5.26 Å². The Morgan fingerprint density at radius 1 is 1.00 bits per heavy atom. The number of hydrogen-bond donors (Lipinski definition) is 0. The Balaban J connectivity index is 2.07. The SMILES string of the molecule is N#Cc1ccc(N=C2C(=O)c3ccccc3C(=O)C2Cl)cc1. The van der Waals surface area contributed by atoms with Crippen molar-refractivity contribution in [1.82, 2.24) is 0 Å². The molecule has 0 fully saturated rings. The minimum atomic E-state index is -1.10. The molecule has 0 bridgehead atoms. The van der Waals surface area contributed by atoms with Gasteiger partial charge in [-0.1, -0.05) is 24.3 Å². The molecule has 1 aliphatic carbocycles. The highest BCUT2D eigenvalue weighted by Crippen LogP contribution is 2.25. The number of nitrogens with zero attached hydrogens (tertiary/aromatic N) is 2. The largest absolute Gasteiger partial charge is 0.292 e. The van der Waals surface area contributed by atoms with Gasteiger partial charge in [0.1, 0.15) is 11.1 Å². The van der Waals surface area contributed by atoms with Gasteiger partial charge in [0.15, 0.2) is 5.78 Å². The molecule has 2 aromatic rings. The summed E-state index contributed by atoms with van der Waals surface area (Å²) in [5.74, 6) is -0.677. The highest BCUT2D eigenvalue weighted by atomic mass is 35.5. The van der Waals surface area contributed by atoms with Crippen molar-refractivity contribution in [2.45, 2.75) is 5.38 Å². The minimum Gasteiger partial charge on any atom is -0.292 e. The van der Waals surface area contributed by atoms with Crippen LogP contribution < -0.4 is 0 Å². The van der Waals surface area contributed by atoms with Crippen LogP contribution in [-0.4, -0.2) is 22.7 Å². The van der Waals surface area contributed by atoms with Crippen LogP contribution in [0, 0.1) is 11.3 Å². The van der Waals surface area contributed by atoms with E-state index in [0.717, 1.165) is 0 Å². The van der Waals surface area contributed by atoms with E-state index >= 15 is 0 Å². The Hall–Kier alpha value is -2.77. The molecular formula is C17H9ClN2O2. The highest BCUT2D eigenvalue weighted by molar-refractivity contribution is 6.65. The molecule has 0 heterocycles. The van der Waals surface area contributed by atoms with Gasteiger partial charge in [-0.3, -0.25) is 9.59 Å². The van der Waals surface area contributed by atoms with E-state index in [1.807, 2.05) is 6.07 Å². The number of carbonyl (C=O) groups is 2. The topological polar surface area (TPSA) is 70.3 Å². The minimum absolute atomic E-state index is 0.00933. The fourth-order valence-electron chi connectivity index (χ4n) is 2.27. The number of halogens is 1. The lowest BCUT2D eigenvalue weighted by atomic mass is 9.88. The lowest BCUT2D eigenvalue weighted by Gasteiger charge is -2.19. The number of hydrogen-bond acceptors (Lipinski definition) is 4. The molecule has 0 radical (unpaired) electrons. The number of ketones is 2. The molecule has 0 aromatic heterocycles. The lowest BCUT2D eigenvalue weighted by molar-refractivity contribution is 0.0968. The molecule has 0 spiro atoms. The number of benzene rings is 2. The van der Waals surface area contributed by atoms with Crippen molar-refractivity contribution in [2.24, 2.45) is 4.99 Å². The first kappa shape index (κ1) is 14.2. The third-order valence-corrected chi connectivity index (χ3v) is 3.79. The van der Waals surface area contributed by atoms with Crippen LogP contribution in [0.4, 0.5) is 5.69 Å². The molecular weight excluding hydrogens is 300 g/mol. The Morgan fingerprint density at radius 2 is 1.64 bits per heavy atom. The van der Waals surface area contributed by atoms with Crippen LogP contribution >= 0.6 is 11.6 Å². The van der Waals surface area contributed by atoms with Gasteiger partial charge in [0.05, 0.1) is 17.3 Å². The van der Waals surface area contributed by atoms with Crippen LogP contribution in [0.2, 0.25) is 0 Å². The average molecular weight is 309 g/mol. The summed E-state index contributed by atoms with van der Waals surface area (Å²) in [6.07, 6.45) is 0. The van der Waals surface area contributed by atoms with Gasteiger partial charge in [0.2, 0.25) is 5.78 Å². The van der Waals surface area contributed by atoms with E-state index in [0.29, 0.717) is 22.4 Å². The smallest absolute Gasteiger partial charge is 0.209 e. The maximum absolute atomic E-state index is 12.5. The van der Waals surface area contributed by atoms with Crippen molar-refractivity contribution >= 4 is 34.6 Å². The zero-order valence-electron chi connectivity index (χ0n) is 11.3. The highest BCUT2D eigenvalue weighted by Gasteiger charge is 2.36. The molecule has 4 nitrogen and oxygen atoms in total. The molecule has 1 unspecified atom stereocenters. The maximum atomic E-state index is 12.5. The summed E-state index contributed by atoms with van der Waals surface area (Å²) in [7, 11) is 0. The summed E-state index contributed by atoms with van der Waals surface area (Å²) in [5.41, 5.74) is 1.61. The van der Waals surface area contributed by atoms with Crippen molar-refractivity contribution in [3.05, 3.63) is 65.2 Å². The van der Waals surface area contributed by atoms with Crippen molar-refractivity contribution in [3.63, 3.8) is 0 Å². The molecule has 3 rings (SSSR count). The van der Waals surface area contributed by atoms with E-state index in [9.17, 15) is 9.59 Å². The van der Waals surface area contributed by atoms with Gasteiger partial charge in [0.25, 0.3) is 0 Å². The number of fused-ring (bicyclic) bond motifs is 1. The van der Waals surface area contributed by atoms with Crippen LogP contribution in [0.15, 0.2) is 53.5 Å². The second-order valence-electron chi connectivity index (χ2n) is 4.76. The Labute approximate surface area is 131 Å². The fourth-order valence-corrected chi connectivity index (χ4v) is 2.53. The first-order valence-electron chi connectivity index (χ1n) is 6.52. The van der Waals surface area contributed by atoms with Crippen molar-refractivity contribution in [1.29, 1.82) is 5.26 Å². The van der Waals surface area contributed by atoms with Gasteiger partial charge in [-0.25, -0.2) is 4.99 Å². The van der Waals surface area contributed by atoms with Gasteiger partial charge in [-0.05, 0) is 24.3 Å². The number of Topliss-reactive ketones (excluding diaryl/α,β-unsaturated/α-hetero) is 2. The first-order chi connectivity index (χ1) is 10.6. The molecule has 1 atom stereocenters. The van der Waals surface area contributed by atoms with Gasteiger partial charge < -0.3 is 0 Å². The number of nitriles is 1. The summed E-state index contributed by atoms with van der Waals surface area (Å²) in [6.45, 7) is 0. The summed E-state index contributed by atoms with van der Waals surface area (Å²) in [5, 5.41) is 7.67. The summed E-state index contributed by atoms with van der Waals surface area (Å²) < 4.78 is 0. The Morgan fingerprint density at radius 3 is 2.27 bits per heavy atom. The number of rotatable bonds is 1. The third kappa shape index (κ3) is 2.32. The zero-order chi connectivity index (χ0) is 15.7. The summed E-state index contributed by atoms with van der Waals surface area (Å²) in [4.78, 5) is 28.9. The molecule has 106 valence electrons. The molecule has 22 heavy (non-hydrogen) atoms. The van der Waals surface area contributed by atoms with Crippen molar-refractivity contribution in [2.75, 3.05) is 0 Å². The van der Waals surface area contributed by atoms with E-state index in [4.69, 9.17) is 16.9 Å². The normalized spacial score (nSPS) is 18.9. The average Bonchev–Trinajstić information content (AvgIpc) is 2.57. The second kappa shape index (κ2) is 5.55. The predicted octanol–water partition coefficient (Wildman–Crippen LogP) is 3.32. The predicted molar refractivity (Wildman–Crippen MR) is 83.0 cm³/mol. The lowest BCUT2D eigenvalue weighted by Crippen LogP contribution is -2.37. The Bertz CT molecular complexity index is 848. The number of alkyl halides is 1. The van der Waals surface area contributed by atoms with Crippen LogP contribution in [-0.2, 0) is 0 Å². The fraction of sp³-hybridized carbons (Fsp3) is 0.0588. The van der Waals surface area contributed by atoms with E-state index in [1.165, 1.54) is 0 Å². The molecule has 2 aromatic carbocycles. The molecule has 0 amide bonds.